The van der Waals surface area contributed by atoms with Gasteiger partial charge in [-0.05, 0) is 106 Å². The Balaban J connectivity index is 1.61. The third kappa shape index (κ3) is 4.43. The van der Waals surface area contributed by atoms with Gasteiger partial charge in [-0.2, -0.15) is 0 Å². The van der Waals surface area contributed by atoms with Crippen LogP contribution in [0.15, 0.2) is 70.8 Å². The fourth-order valence-corrected chi connectivity index (χ4v) is 8.79. The number of carbonyl (C=O) groups excluding carboxylic acids is 3. The van der Waals surface area contributed by atoms with Crippen LogP contribution in [-0.4, -0.2) is 17.3 Å². The Morgan fingerprint density at radius 2 is 1.62 bits per heavy atom. The second kappa shape index (κ2) is 10.4. The van der Waals surface area contributed by atoms with Crippen molar-refractivity contribution in [2.75, 3.05) is 0 Å². The molecule has 0 N–H and O–H groups in total. The van der Waals surface area contributed by atoms with Crippen LogP contribution in [0, 0.1) is 23.2 Å². The Bertz CT molecular complexity index is 1600. The van der Waals surface area contributed by atoms with Crippen LogP contribution in [-0.2, 0) is 22.4 Å². The molecule has 0 saturated heterocycles. The molecule has 3 aliphatic carbocycles. The Hall–Kier alpha value is -3.33. The maximum absolute atomic E-state index is 14.6. The summed E-state index contributed by atoms with van der Waals surface area (Å²) in [4.78, 5) is 41.3. The summed E-state index contributed by atoms with van der Waals surface area (Å²) in [6.45, 7) is 20.3. The maximum atomic E-state index is 14.6. The highest BCUT2D eigenvalue weighted by Crippen LogP contribution is 2.66. The van der Waals surface area contributed by atoms with E-state index in [1.807, 2.05) is 27.7 Å². The number of rotatable bonds is 7. The molecule has 0 unspecified atom stereocenters. The molecule has 3 heteroatoms. The van der Waals surface area contributed by atoms with Crippen molar-refractivity contribution in [2.45, 2.75) is 100 Å². The number of benzene rings is 2. The lowest BCUT2D eigenvalue weighted by Gasteiger charge is -2.59. The summed E-state index contributed by atoms with van der Waals surface area (Å²) < 4.78 is 0. The summed E-state index contributed by atoms with van der Waals surface area (Å²) in [6, 6.07) is 13.0. The molecule has 0 fully saturated rings. The molecule has 2 aromatic carbocycles. The van der Waals surface area contributed by atoms with Gasteiger partial charge in [-0.3, -0.25) is 14.4 Å². The van der Waals surface area contributed by atoms with E-state index >= 15 is 0 Å². The number of allylic oxidation sites excluding steroid dienone is 5. The lowest BCUT2D eigenvalue weighted by Crippen LogP contribution is -2.57. The summed E-state index contributed by atoms with van der Waals surface area (Å²) in [5.74, 6) is -0.245. The molecule has 3 aliphatic rings. The van der Waals surface area contributed by atoms with Crippen molar-refractivity contribution in [1.29, 1.82) is 0 Å². The Morgan fingerprint density at radius 3 is 2.24 bits per heavy atom. The molecule has 220 valence electrons. The van der Waals surface area contributed by atoms with Gasteiger partial charge in [0, 0.05) is 16.6 Å². The van der Waals surface area contributed by atoms with Gasteiger partial charge in [-0.15, -0.1) is 0 Å². The van der Waals surface area contributed by atoms with Crippen molar-refractivity contribution in [3.63, 3.8) is 0 Å². The minimum Gasteiger partial charge on any atom is -0.294 e. The molecule has 5 rings (SSSR count). The molecular weight excluding hydrogens is 516 g/mol. The maximum Gasteiger partial charge on any atom is 0.190 e. The molecule has 0 aromatic heterocycles. The smallest absolute Gasteiger partial charge is 0.190 e. The van der Waals surface area contributed by atoms with E-state index in [0.29, 0.717) is 12.0 Å². The summed E-state index contributed by atoms with van der Waals surface area (Å²) in [7, 11) is 0. The number of Topliss-reactive ketones (excluding diaryl/α,β-unsaturated/α-hetero) is 3. The van der Waals surface area contributed by atoms with Gasteiger partial charge in [-0.1, -0.05) is 86.9 Å². The van der Waals surface area contributed by atoms with Gasteiger partial charge >= 0.3 is 0 Å². The number of aryl methyl sites for hydroxylation is 1. The van der Waals surface area contributed by atoms with Crippen LogP contribution in [0.3, 0.4) is 0 Å². The van der Waals surface area contributed by atoms with E-state index in [4.69, 9.17) is 0 Å². The van der Waals surface area contributed by atoms with Gasteiger partial charge in [0.25, 0.3) is 0 Å². The van der Waals surface area contributed by atoms with Gasteiger partial charge < -0.3 is 0 Å². The number of hydrogen-bond acceptors (Lipinski definition) is 3. The predicted molar refractivity (Wildman–Crippen MR) is 172 cm³/mol. The van der Waals surface area contributed by atoms with Crippen LogP contribution in [0.25, 0.3) is 11.1 Å². The van der Waals surface area contributed by atoms with Crippen molar-refractivity contribution >= 4 is 17.3 Å². The fraction of sp³-hybridized carbons (Fsp3) is 0.462. The van der Waals surface area contributed by atoms with Crippen molar-refractivity contribution in [2.24, 2.45) is 16.2 Å². The molecule has 0 radical (unpaired) electrons. The van der Waals surface area contributed by atoms with Gasteiger partial charge in [0.1, 0.15) is 0 Å². The topological polar surface area (TPSA) is 51.2 Å². The number of ketones is 3. The van der Waals surface area contributed by atoms with Crippen molar-refractivity contribution in [3.8, 4) is 11.1 Å². The Morgan fingerprint density at radius 1 is 0.952 bits per heavy atom. The monoisotopic (exact) mass is 562 g/mol. The SMILES string of the molecule is C=C(CCCC)Cc1ccc(-c2ccc(C)c3c2C[C@]2(C)C[C@]4(C)CC(C)=C(C(C)=O)C(=O)[C@]4(C)C(C)=C2C3=O)cc1. The number of carbonyl (C=O) groups is 3. The molecule has 0 amide bonds. The molecule has 0 spiro atoms. The highest BCUT2D eigenvalue weighted by atomic mass is 16.2. The average molecular weight is 563 g/mol. The third-order valence-electron chi connectivity index (χ3n) is 11.0. The van der Waals surface area contributed by atoms with E-state index in [2.05, 4.69) is 63.7 Å². The Labute approximate surface area is 252 Å². The second-order valence-corrected chi connectivity index (χ2v) is 14.2. The highest BCUT2D eigenvalue weighted by Gasteiger charge is 2.63. The lowest BCUT2D eigenvalue weighted by molar-refractivity contribution is -0.134. The zero-order chi connectivity index (χ0) is 30.8. The van der Waals surface area contributed by atoms with E-state index in [0.717, 1.165) is 70.2 Å². The lowest BCUT2D eigenvalue weighted by atomic mass is 9.42. The molecular formula is C39H46O3. The zero-order valence-electron chi connectivity index (χ0n) is 26.8. The van der Waals surface area contributed by atoms with Crippen LogP contribution in [0.2, 0.25) is 0 Å². The van der Waals surface area contributed by atoms with Gasteiger partial charge in [-0.25, -0.2) is 0 Å². The Kier molecular flexibility index (Phi) is 7.49. The minimum absolute atomic E-state index is 0.0474. The van der Waals surface area contributed by atoms with Crippen molar-refractivity contribution < 1.29 is 14.4 Å². The summed E-state index contributed by atoms with van der Waals surface area (Å²) in [6.07, 6.45) is 6.45. The number of unbranched alkanes of at least 4 members (excludes halogenated alkanes) is 1. The molecule has 0 aliphatic heterocycles. The summed E-state index contributed by atoms with van der Waals surface area (Å²) >= 11 is 0. The van der Waals surface area contributed by atoms with Crippen LogP contribution in [0.4, 0.5) is 0 Å². The number of fused-ring (bicyclic) bond motifs is 3. The molecule has 3 nitrogen and oxygen atoms in total. The molecule has 0 saturated carbocycles. The van der Waals surface area contributed by atoms with E-state index < -0.39 is 10.8 Å². The van der Waals surface area contributed by atoms with E-state index in [1.165, 1.54) is 30.9 Å². The van der Waals surface area contributed by atoms with Gasteiger partial charge in [0.05, 0.1) is 11.0 Å². The largest absolute Gasteiger partial charge is 0.294 e. The zero-order valence-corrected chi connectivity index (χ0v) is 26.8. The predicted octanol–water partition coefficient (Wildman–Crippen LogP) is 9.31. The standard InChI is InChI=1S/C39H46O3/c1-10-11-12-23(2)19-28-14-16-29(17-15-28)30-18-13-24(3)33-31(30)21-37(7)22-38(8)20-25(4)32(27(6)40)36(42)39(38,9)26(5)34(37)35(33)41/h13-18H,2,10-12,19-22H2,1,3-9H3/t37-,38+,39+/m1/s1. The normalized spacial score (nSPS) is 27.0. The van der Waals surface area contributed by atoms with Gasteiger partial charge in [0.2, 0.25) is 0 Å². The fourth-order valence-electron chi connectivity index (χ4n) is 8.79. The first kappa shape index (κ1) is 30.1. The van der Waals surface area contributed by atoms with Gasteiger partial charge in [0.15, 0.2) is 17.3 Å². The van der Waals surface area contributed by atoms with E-state index in [9.17, 15) is 14.4 Å². The van der Waals surface area contributed by atoms with E-state index in [-0.39, 0.29) is 22.8 Å². The van der Waals surface area contributed by atoms with Crippen LogP contribution >= 0.6 is 0 Å². The molecule has 0 bridgehead atoms. The van der Waals surface area contributed by atoms with E-state index in [1.54, 1.807) is 0 Å². The van der Waals surface area contributed by atoms with Crippen LogP contribution in [0.5, 0.6) is 0 Å². The molecule has 3 atom stereocenters. The number of hydrogen-bond donors (Lipinski definition) is 0. The minimum atomic E-state index is -0.891. The summed E-state index contributed by atoms with van der Waals surface area (Å²) in [5, 5.41) is 0. The first-order valence-electron chi connectivity index (χ1n) is 15.6. The second-order valence-electron chi connectivity index (χ2n) is 14.2. The van der Waals surface area contributed by atoms with Crippen LogP contribution in [0.1, 0.15) is 108 Å². The van der Waals surface area contributed by atoms with Crippen LogP contribution < -0.4 is 0 Å². The molecule has 2 aromatic rings. The molecule has 0 heterocycles. The molecule has 42 heavy (non-hydrogen) atoms. The quantitative estimate of drug-likeness (QED) is 0.250. The summed E-state index contributed by atoms with van der Waals surface area (Å²) in [5.41, 5.74) is 8.80. The highest BCUT2D eigenvalue weighted by molar-refractivity contribution is 6.24. The van der Waals surface area contributed by atoms with Crippen molar-refractivity contribution in [3.05, 3.63) is 93.1 Å². The first-order valence-corrected chi connectivity index (χ1v) is 15.6. The third-order valence-corrected chi connectivity index (χ3v) is 11.0. The average Bonchev–Trinajstić information content (AvgIpc) is 2.90. The van der Waals surface area contributed by atoms with Crippen molar-refractivity contribution in [1.82, 2.24) is 0 Å². The first-order chi connectivity index (χ1) is 19.7.